The van der Waals surface area contributed by atoms with E-state index in [0.717, 1.165) is 36.4 Å². The van der Waals surface area contributed by atoms with Gasteiger partial charge in [0.2, 0.25) is 0 Å². The third kappa shape index (κ3) is 4.11. The molecular formula is C13H22N4S2. The Labute approximate surface area is 123 Å². The van der Waals surface area contributed by atoms with Gasteiger partial charge >= 0.3 is 0 Å². The molecule has 1 fully saturated rings. The molecule has 1 aliphatic heterocycles. The molecule has 4 nitrogen and oxygen atoms in total. The number of nitrogens with zero attached hydrogens (tertiary/aromatic N) is 3. The molecule has 6 heteroatoms. The maximum absolute atomic E-state index is 4.40. The highest BCUT2D eigenvalue weighted by molar-refractivity contribution is 8.00. The van der Waals surface area contributed by atoms with Gasteiger partial charge < -0.3 is 10.2 Å². The van der Waals surface area contributed by atoms with E-state index in [1.165, 1.54) is 4.88 Å². The first-order valence-electron chi connectivity index (χ1n) is 6.51. The number of aryl methyl sites for hydroxylation is 1. The van der Waals surface area contributed by atoms with Crippen LogP contribution >= 0.6 is 23.1 Å². The lowest BCUT2D eigenvalue weighted by Crippen LogP contribution is -2.50. The SMILES string of the molecule is CN=C(NCc1ncc(C)s1)N1CCSC(C)(C)C1. The van der Waals surface area contributed by atoms with Crippen LogP contribution < -0.4 is 5.32 Å². The van der Waals surface area contributed by atoms with Crippen molar-refractivity contribution in [3.8, 4) is 0 Å². The van der Waals surface area contributed by atoms with Crippen molar-refractivity contribution in [1.82, 2.24) is 15.2 Å². The predicted molar refractivity (Wildman–Crippen MR) is 85.2 cm³/mol. The van der Waals surface area contributed by atoms with Gasteiger partial charge in [-0.1, -0.05) is 0 Å². The zero-order valence-corrected chi connectivity index (χ0v) is 13.7. The molecule has 2 rings (SSSR count). The van der Waals surface area contributed by atoms with E-state index in [-0.39, 0.29) is 0 Å². The molecule has 0 spiro atoms. The molecule has 0 aliphatic carbocycles. The molecule has 2 heterocycles. The van der Waals surface area contributed by atoms with Gasteiger partial charge in [-0.2, -0.15) is 11.8 Å². The Morgan fingerprint density at radius 1 is 1.58 bits per heavy atom. The summed E-state index contributed by atoms with van der Waals surface area (Å²) >= 11 is 3.77. The van der Waals surface area contributed by atoms with Gasteiger partial charge in [0.15, 0.2) is 5.96 Å². The molecule has 1 aliphatic rings. The van der Waals surface area contributed by atoms with E-state index in [2.05, 4.69) is 41.0 Å². The number of guanidine groups is 1. The Hall–Kier alpha value is -0.750. The lowest BCUT2D eigenvalue weighted by atomic mass is 10.2. The molecule has 0 aromatic carbocycles. The molecule has 0 amide bonds. The van der Waals surface area contributed by atoms with Crippen molar-refractivity contribution in [3.63, 3.8) is 0 Å². The number of aliphatic imine (C=N–C) groups is 1. The van der Waals surface area contributed by atoms with Gasteiger partial charge in [0.25, 0.3) is 0 Å². The molecule has 1 aromatic rings. The fourth-order valence-electron chi connectivity index (χ4n) is 2.17. The molecule has 1 saturated heterocycles. The van der Waals surface area contributed by atoms with Gasteiger partial charge in [-0.25, -0.2) is 4.98 Å². The molecule has 1 aromatic heterocycles. The first kappa shape index (κ1) is 14.7. The van der Waals surface area contributed by atoms with Gasteiger partial charge in [-0.3, -0.25) is 4.99 Å². The van der Waals surface area contributed by atoms with Crippen molar-refractivity contribution in [1.29, 1.82) is 0 Å². The van der Waals surface area contributed by atoms with E-state index in [1.54, 1.807) is 11.3 Å². The Bertz CT molecular complexity index is 453. The molecule has 0 atom stereocenters. The molecule has 0 bridgehead atoms. The first-order valence-corrected chi connectivity index (χ1v) is 8.31. The van der Waals surface area contributed by atoms with Crippen LogP contribution in [0.2, 0.25) is 0 Å². The zero-order chi connectivity index (χ0) is 13.9. The molecule has 0 radical (unpaired) electrons. The van der Waals surface area contributed by atoms with Crippen molar-refractivity contribution in [2.75, 3.05) is 25.9 Å². The predicted octanol–water partition coefficient (Wildman–Crippen LogP) is 2.35. The number of aromatic nitrogens is 1. The summed E-state index contributed by atoms with van der Waals surface area (Å²) in [5.41, 5.74) is 0. The third-order valence-corrected chi connectivity index (χ3v) is 5.21. The Kier molecular flexibility index (Phi) is 4.73. The molecule has 19 heavy (non-hydrogen) atoms. The van der Waals surface area contributed by atoms with Gasteiger partial charge in [0.1, 0.15) is 5.01 Å². The quantitative estimate of drug-likeness (QED) is 0.672. The number of hydrogen-bond acceptors (Lipinski definition) is 4. The van der Waals surface area contributed by atoms with Crippen molar-refractivity contribution >= 4 is 29.1 Å². The Morgan fingerprint density at radius 3 is 2.95 bits per heavy atom. The minimum atomic E-state index is 0.299. The van der Waals surface area contributed by atoms with Gasteiger partial charge in [0, 0.05) is 41.7 Å². The first-order chi connectivity index (χ1) is 9.00. The van der Waals surface area contributed by atoms with E-state index in [0.29, 0.717) is 4.75 Å². The van der Waals surface area contributed by atoms with E-state index < -0.39 is 0 Å². The second kappa shape index (κ2) is 6.13. The lowest BCUT2D eigenvalue weighted by Gasteiger charge is -2.39. The molecule has 106 valence electrons. The van der Waals surface area contributed by atoms with Crippen LogP contribution in [-0.4, -0.2) is 46.5 Å². The third-order valence-electron chi connectivity index (χ3n) is 3.00. The Morgan fingerprint density at radius 2 is 2.37 bits per heavy atom. The summed E-state index contributed by atoms with van der Waals surface area (Å²) in [6.45, 7) is 9.52. The molecule has 0 unspecified atom stereocenters. The minimum Gasteiger partial charge on any atom is -0.350 e. The van der Waals surface area contributed by atoms with Crippen LogP contribution in [0.4, 0.5) is 0 Å². The van der Waals surface area contributed by atoms with Gasteiger partial charge in [-0.05, 0) is 20.8 Å². The maximum Gasteiger partial charge on any atom is 0.194 e. The summed E-state index contributed by atoms with van der Waals surface area (Å²) in [5.74, 6) is 2.14. The van der Waals surface area contributed by atoms with Crippen LogP contribution in [0.3, 0.4) is 0 Å². The van der Waals surface area contributed by atoms with E-state index in [9.17, 15) is 0 Å². The summed E-state index contributed by atoms with van der Waals surface area (Å²) in [4.78, 5) is 12.4. The fourth-order valence-corrected chi connectivity index (χ4v) is 4.01. The lowest BCUT2D eigenvalue weighted by molar-refractivity contribution is 0.375. The van der Waals surface area contributed by atoms with Crippen LogP contribution in [0.1, 0.15) is 23.7 Å². The molecule has 1 N–H and O–H groups in total. The van der Waals surface area contributed by atoms with E-state index in [1.807, 2.05) is 25.0 Å². The normalized spacial score (nSPS) is 19.6. The summed E-state index contributed by atoms with van der Waals surface area (Å²) in [7, 11) is 1.85. The molecular weight excluding hydrogens is 276 g/mol. The average molecular weight is 298 g/mol. The number of nitrogens with one attached hydrogen (secondary N) is 1. The molecule has 0 saturated carbocycles. The highest BCUT2D eigenvalue weighted by atomic mass is 32.2. The van der Waals surface area contributed by atoms with Gasteiger partial charge in [-0.15, -0.1) is 11.3 Å². The highest BCUT2D eigenvalue weighted by Gasteiger charge is 2.28. The second-order valence-corrected chi connectivity index (χ2v) is 8.42. The van der Waals surface area contributed by atoms with Crippen molar-refractivity contribution in [2.24, 2.45) is 4.99 Å². The standard InChI is InChI=1S/C13H22N4S2/c1-10-7-15-11(19-10)8-16-12(14-4)17-5-6-18-13(2,3)9-17/h7H,5-6,8-9H2,1-4H3,(H,14,16). The summed E-state index contributed by atoms with van der Waals surface area (Å²) < 4.78 is 0.299. The number of thioether (sulfide) groups is 1. The van der Waals surface area contributed by atoms with Crippen molar-refractivity contribution < 1.29 is 0 Å². The van der Waals surface area contributed by atoms with Crippen LogP contribution in [0.5, 0.6) is 0 Å². The summed E-state index contributed by atoms with van der Waals surface area (Å²) in [6.07, 6.45) is 1.92. The van der Waals surface area contributed by atoms with Crippen LogP contribution in [0.25, 0.3) is 0 Å². The zero-order valence-electron chi connectivity index (χ0n) is 12.1. The summed E-state index contributed by atoms with van der Waals surface area (Å²) in [5, 5.41) is 4.54. The van der Waals surface area contributed by atoms with Crippen LogP contribution in [0, 0.1) is 6.92 Å². The number of rotatable bonds is 2. The topological polar surface area (TPSA) is 40.5 Å². The summed E-state index contributed by atoms with van der Waals surface area (Å²) in [6, 6.07) is 0. The van der Waals surface area contributed by atoms with Crippen molar-refractivity contribution in [2.45, 2.75) is 32.1 Å². The van der Waals surface area contributed by atoms with Crippen LogP contribution in [0.15, 0.2) is 11.2 Å². The second-order valence-electron chi connectivity index (χ2n) is 5.30. The highest BCUT2D eigenvalue weighted by Crippen LogP contribution is 2.29. The van der Waals surface area contributed by atoms with Crippen LogP contribution in [-0.2, 0) is 6.54 Å². The number of thiazole rings is 1. The number of hydrogen-bond donors (Lipinski definition) is 1. The van der Waals surface area contributed by atoms with Gasteiger partial charge in [0.05, 0.1) is 6.54 Å². The van der Waals surface area contributed by atoms with E-state index >= 15 is 0 Å². The largest absolute Gasteiger partial charge is 0.350 e. The average Bonchev–Trinajstić information content (AvgIpc) is 2.75. The monoisotopic (exact) mass is 298 g/mol. The maximum atomic E-state index is 4.40. The smallest absolute Gasteiger partial charge is 0.194 e. The Balaban J connectivity index is 1.93. The van der Waals surface area contributed by atoms with E-state index in [4.69, 9.17) is 0 Å². The fraction of sp³-hybridized carbons (Fsp3) is 0.692. The van der Waals surface area contributed by atoms with Crippen molar-refractivity contribution in [3.05, 3.63) is 16.1 Å². The minimum absolute atomic E-state index is 0.299.